The first kappa shape index (κ1) is 13.5. The van der Waals surface area contributed by atoms with Gasteiger partial charge in [0.2, 0.25) is 0 Å². The number of methoxy groups -OCH3 is 1. The monoisotopic (exact) mass is 368 g/mol. The maximum Gasteiger partial charge on any atom is 0.267 e. The Balaban J connectivity index is 2.43. The summed E-state index contributed by atoms with van der Waals surface area (Å²) in [6, 6.07) is 7.23. The van der Waals surface area contributed by atoms with Gasteiger partial charge in [-0.1, -0.05) is 15.9 Å². The number of H-pyrrole nitrogens is 1. The Labute approximate surface area is 131 Å². The van der Waals surface area contributed by atoms with Crippen LogP contribution in [-0.2, 0) is 0 Å². The van der Waals surface area contributed by atoms with Crippen molar-refractivity contribution in [3.63, 3.8) is 0 Å². The number of halogens is 1. The van der Waals surface area contributed by atoms with Crippen molar-refractivity contribution in [2.24, 2.45) is 0 Å². The number of benzene rings is 1. The Morgan fingerprint density at radius 2 is 2.20 bits per heavy atom. The molecule has 3 rings (SSSR count). The highest BCUT2D eigenvalue weighted by atomic mass is 79.9. The Kier molecular flexibility index (Phi) is 3.49. The van der Waals surface area contributed by atoms with E-state index in [0.29, 0.717) is 21.6 Å². The third-order valence-corrected chi connectivity index (χ3v) is 4.51. The van der Waals surface area contributed by atoms with E-state index in [9.17, 15) is 4.79 Å². The average molecular weight is 369 g/mol. The Morgan fingerprint density at radius 3 is 2.95 bits per heavy atom. The first-order chi connectivity index (χ1) is 9.61. The minimum Gasteiger partial charge on any atom is -0.495 e. The molecule has 0 atom stereocenters. The summed E-state index contributed by atoms with van der Waals surface area (Å²) in [5.41, 5.74) is 0.461. The summed E-state index contributed by atoms with van der Waals surface area (Å²) in [4.78, 5) is 16.5. The highest BCUT2D eigenvalue weighted by Crippen LogP contribution is 2.26. The number of ether oxygens (including phenoxy) is 1. The number of hydrogen-bond donors (Lipinski definition) is 1. The number of hydrogen-bond acceptors (Lipinski definition) is 4. The summed E-state index contributed by atoms with van der Waals surface area (Å²) < 4.78 is 7.97. The zero-order valence-corrected chi connectivity index (χ0v) is 13.6. The highest BCUT2D eigenvalue weighted by Gasteiger charge is 2.12. The fourth-order valence-electron chi connectivity index (χ4n) is 2.00. The van der Waals surface area contributed by atoms with Gasteiger partial charge in [-0.2, -0.15) is 0 Å². The predicted octanol–water partition coefficient (Wildman–Crippen LogP) is 3.88. The maximum atomic E-state index is 12.6. The van der Waals surface area contributed by atoms with Crippen LogP contribution in [0.25, 0.3) is 15.9 Å². The van der Waals surface area contributed by atoms with E-state index in [0.717, 1.165) is 9.30 Å². The lowest BCUT2D eigenvalue weighted by Gasteiger charge is -2.11. The number of rotatable bonds is 2. The second-order valence-corrected chi connectivity index (χ2v) is 6.27. The van der Waals surface area contributed by atoms with E-state index in [1.54, 1.807) is 19.2 Å². The molecule has 2 heterocycles. The molecule has 0 amide bonds. The Bertz CT molecular complexity index is 911. The van der Waals surface area contributed by atoms with Gasteiger partial charge in [-0.05, 0) is 41.9 Å². The van der Waals surface area contributed by atoms with Gasteiger partial charge in [-0.25, -0.2) is 4.57 Å². The van der Waals surface area contributed by atoms with Gasteiger partial charge < -0.3 is 9.72 Å². The number of aromatic amines is 1. The number of fused-ring (bicyclic) bond motifs is 1. The van der Waals surface area contributed by atoms with Crippen LogP contribution < -0.4 is 10.3 Å². The van der Waals surface area contributed by atoms with Crippen molar-refractivity contribution in [3.8, 4) is 11.4 Å². The van der Waals surface area contributed by atoms with Crippen molar-refractivity contribution in [1.82, 2.24) is 9.55 Å². The van der Waals surface area contributed by atoms with Crippen molar-refractivity contribution in [2.75, 3.05) is 7.11 Å². The smallest absolute Gasteiger partial charge is 0.267 e. The van der Waals surface area contributed by atoms with Gasteiger partial charge in [0.05, 0.1) is 18.2 Å². The van der Waals surface area contributed by atoms with Gasteiger partial charge >= 0.3 is 0 Å². The molecule has 2 aromatic heterocycles. The van der Waals surface area contributed by atoms with E-state index in [2.05, 4.69) is 20.9 Å². The molecule has 0 saturated heterocycles. The first-order valence-electron chi connectivity index (χ1n) is 5.68. The van der Waals surface area contributed by atoms with Crippen LogP contribution in [0.2, 0.25) is 0 Å². The minimum atomic E-state index is -0.151. The molecule has 0 fully saturated rings. The molecular formula is C13H9BrN2O2S2. The molecule has 1 N–H and O–H groups in total. The molecule has 0 aliphatic carbocycles. The van der Waals surface area contributed by atoms with Gasteiger partial charge in [0.15, 0.2) is 4.77 Å². The molecule has 0 radical (unpaired) electrons. The van der Waals surface area contributed by atoms with Crippen LogP contribution in [0.5, 0.6) is 5.75 Å². The predicted molar refractivity (Wildman–Crippen MR) is 86.9 cm³/mol. The molecule has 0 spiro atoms. The van der Waals surface area contributed by atoms with Crippen molar-refractivity contribution >= 4 is 49.7 Å². The van der Waals surface area contributed by atoms with Crippen LogP contribution in [-0.4, -0.2) is 16.7 Å². The molecule has 0 aliphatic rings. The maximum absolute atomic E-state index is 12.6. The molecule has 20 heavy (non-hydrogen) atoms. The second-order valence-electron chi connectivity index (χ2n) is 4.05. The number of thiophene rings is 1. The van der Waals surface area contributed by atoms with Gasteiger partial charge in [0.1, 0.15) is 10.6 Å². The zero-order chi connectivity index (χ0) is 14.3. The van der Waals surface area contributed by atoms with Gasteiger partial charge in [-0.15, -0.1) is 11.3 Å². The lowest BCUT2D eigenvalue weighted by atomic mass is 10.3. The molecule has 7 heteroatoms. The van der Waals surface area contributed by atoms with Crippen molar-refractivity contribution in [2.45, 2.75) is 0 Å². The summed E-state index contributed by atoms with van der Waals surface area (Å²) in [6.45, 7) is 0. The van der Waals surface area contributed by atoms with E-state index in [4.69, 9.17) is 17.0 Å². The van der Waals surface area contributed by atoms with Crippen molar-refractivity contribution in [1.29, 1.82) is 0 Å². The normalized spacial score (nSPS) is 10.9. The molecule has 3 aromatic rings. The van der Waals surface area contributed by atoms with E-state index < -0.39 is 0 Å². The van der Waals surface area contributed by atoms with Crippen LogP contribution in [0.4, 0.5) is 0 Å². The molecule has 4 nitrogen and oxygen atoms in total. The first-order valence-corrected chi connectivity index (χ1v) is 7.76. The van der Waals surface area contributed by atoms with Crippen LogP contribution in [0, 0.1) is 4.77 Å². The molecule has 0 bridgehead atoms. The summed E-state index contributed by atoms with van der Waals surface area (Å²) in [7, 11) is 1.56. The third-order valence-electron chi connectivity index (χ3n) is 2.90. The lowest BCUT2D eigenvalue weighted by Crippen LogP contribution is -2.20. The lowest BCUT2D eigenvalue weighted by molar-refractivity contribution is 0.412. The fourth-order valence-corrected chi connectivity index (χ4v) is 3.47. The van der Waals surface area contributed by atoms with E-state index >= 15 is 0 Å². The van der Waals surface area contributed by atoms with E-state index in [1.165, 1.54) is 15.9 Å². The van der Waals surface area contributed by atoms with Gasteiger partial charge in [0, 0.05) is 4.47 Å². The fraction of sp³-hybridized carbons (Fsp3) is 0.0769. The molecule has 102 valence electrons. The molecular weight excluding hydrogens is 360 g/mol. The molecule has 0 saturated carbocycles. The zero-order valence-electron chi connectivity index (χ0n) is 10.3. The standard InChI is InChI=1S/C13H9BrN2O2S2/c1-18-10-3-2-7(14)6-9(10)16-12(17)8-4-5-20-11(8)15-13(16)19/h2-6H,1H3,(H,15,19). The highest BCUT2D eigenvalue weighted by molar-refractivity contribution is 9.10. The van der Waals surface area contributed by atoms with Crippen LogP contribution in [0.15, 0.2) is 38.9 Å². The number of nitrogens with one attached hydrogen (secondary N) is 1. The number of aromatic nitrogens is 2. The largest absolute Gasteiger partial charge is 0.495 e. The molecule has 1 aromatic carbocycles. The van der Waals surface area contributed by atoms with Crippen LogP contribution in [0.1, 0.15) is 0 Å². The summed E-state index contributed by atoms with van der Waals surface area (Å²) in [6.07, 6.45) is 0. The van der Waals surface area contributed by atoms with Crippen LogP contribution in [0.3, 0.4) is 0 Å². The summed E-state index contributed by atoms with van der Waals surface area (Å²) >= 11 is 10.2. The van der Waals surface area contributed by atoms with Crippen molar-refractivity contribution < 1.29 is 4.74 Å². The van der Waals surface area contributed by atoms with Crippen LogP contribution >= 0.6 is 39.5 Å². The Morgan fingerprint density at radius 1 is 1.40 bits per heavy atom. The third kappa shape index (κ3) is 2.11. The minimum absolute atomic E-state index is 0.151. The average Bonchev–Trinajstić information content (AvgIpc) is 2.87. The SMILES string of the molecule is COc1ccc(Br)cc1-n1c(=S)[nH]c2sccc2c1=O. The molecule has 0 unspecified atom stereocenters. The van der Waals surface area contributed by atoms with E-state index in [1.807, 2.05) is 17.5 Å². The van der Waals surface area contributed by atoms with E-state index in [-0.39, 0.29) is 5.56 Å². The number of nitrogens with zero attached hydrogens (tertiary/aromatic N) is 1. The molecule has 0 aliphatic heterocycles. The Hall–Kier alpha value is -1.44. The summed E-state index contributed by atoms with van der Waals surface area (Å²) in [5.74, 6) is 0.587. The van der Waals surface area contributed by atoms with Gasteiger partial charge in [-0.3, -0.25) is 4.79 Å². The topological polar surface area (TPSA) is 47.0 Å². The van der Waals surface area contributed by atoms with Gasteiger partial charge in [0.25, 0.3) is 5.56 Å². The second kappa shape index (κ2) is 5.16. The van der Waals surface area contributed by atoms with Crippen molar-refractivity contribution in [3.05, 3.63) is 49.2 Å². The quantitative estimate of drug-likeness (QED) is 0.698. The summed E-state index contributed by atoms with van der Waals surface area (Å²) in [5, 5.41) is 2.48.